The van der Waals surface area contributed by atoms with Crippen molar-refractivity contribution < 1.29 is 28.1 Å². The average molecular weight is 420 g/mol. The van der Waals surface area contributed by atoms with E-state index in [4.69, 9.17) is 5.11 Å². The molecular weight excluding hydrogens is 401 g/mol. The van der Waals surface area contributed by atoms with Gasteiger partial charge in [-0.15, -0.1) is 13.2 Å². The highest BCUT2D eigenvalue weighted by molar-refractivity contribution is 5.68. The lowest BCUT2D eigenvalue weighted by Gasteiger charge is -2.13. The van der Waals surface area contributed by atoms with Gasteiger partial charge in [0.15, 0.2) is 0 Å². The van der Waals surface area contributed by atoms with Crippen molar-refractivity contribution in [2.45, 2.75) is 12.8 Å². The van der Waals surface area contributed by atoms with Crippen LogP contribution in [0, 0.1) is 0 Å². The van der Waals surface area contributed by atoms with Crippen molar-refractivity contribution in [3.8, 4) is 22.8 Å². The molecule has 0 radical (unpaired) electrons. The van der Waals surface area contributed by atoms with Gasteiger partial charge < -0.3 is 25.6 Å². The monoisotopic (exact) mass is 420 g/mol. The number of aromatic hydroxyl groups is 1. The van der Waals surface area contributed by atoms with Gasteiger partial charge in [0.25, 0.3) is 0 Å². The van der Waals surface area contributed by atoms with E-state index in [9.17, 15) is 18.3 Å². The van der Waals surface area contributed by atoms with Crippen LogP contribution in [-0.2, 0) is 0 Å². The SMILES string of the molecule is OCCCNc1nc(Nc2cccc(O)c2)cc(-c2cccc(OC(F)(F)F)c2)n1. The first kappa shape index (κ1) is 21.2. The minimum absolute atomic E-state index is 0.0160. The number of hydrogen-bond acceptors (Lipinski definition) is 7. The van der Waals surface area contributed by atoms with Crippen molar-refractivity contribution in [1.29, 1.82) is 0 Å². The molecule has 158 valence electrons. The van der Waals surface area contributed by atoms with Gasteiger partial charge in [0.05, 0.1) is 5.69 Å². The summed E-state index contributed by atoms with van der Waals surface area (Å²) in [4.78, 5) is 8.67. The Morgan fingerprint density at radius 1 is 1.00 bits per heavy atom. The van der Waals surface area contributed by atoms with Gasteiger partial charge in [-0.05, 0) is 30.7 Å². The Balaban J connectivity index is 1.94. The highest BCUT2D eigenvalue weighted by Gasteiger charge is 2.31. The lowest BCUT2D eigenvalue weighted by Crippen LogP contribution is -2.17. The number of aromatic nitrogens is 2. The van der Waals surface area contributed by atoms with E-state index in [-0.39, 0.29) is 24.1 Å². The van der Waals surface area contributed by atoms with Gasteiger partial charge in [-0.1, -0.05) is 18.2 Å². The number of ether oxygens (including phenoxy) is 1. The molecule has 0 bridgehead atoms. The van der Waals surface area contributed by atoms with E-state index < -0.39 is 6.36 Å². The molecule has 30 heavy (non-hydrogen) atoms. The number of alkyl halides is 3. The summed E-state index contributed by atoms with van der Waals surface area (Å²) in [6.07, 6.45) is -4.33. The minimum atomic E-state index is -4.80. The van der Waals surface area contributed by atoms with Crippen LogP contribution in [0.2, 0.25) is 0 Å². The number of phenolic OH excluding ortho intramolecular Hbond substituents is 1. The third kappa shape index (κ3) is 6.24. The Morgan fingerprint density at radius 3 is 2.53 bits per heavy atom. The van der Waals surface area contributed by atoms with E-state index in [2.05, 4.69) is 25.3 Å². The van der Waals surface area contributed by atoms with Crippen LogP contribution in [-0.4, -0.2) is 39.7 Å². The van der Waals surface area contributed by atoms with Crippen molar-refractivity contribution in [3.63, 3.8) is 0 Å². The molecule has 3 aromatic rings. The van der Waals surface area contributed by atoms with E-state index in [1.54, 1.807) is 24.3 Å². The van der Waals surface area contributed by atoms with Crippen LogP contribution in [0.15, 0.2) is 54.6 Å². The Hall–Kier alpha value is -3.53. The number of nitrogens with one attached hydrogen (secondary N) is 2. The van der Waals surface area contributed by atoms with Crippen LogP contribution in [0.25, 0.3) is 11.3 Å². The molecule has 0 unspecified atom stereocenters. The lowest BCUT2D eigenvalue weighted by molar-refractivity contribution is -0.274. The van der Waals surface area contributed by atoms with Crippen LogP contribution in [0.5, 0.6) is 11.5 Å². The lowest BCUT2D eigenvalue weighted by atomic mass is 10.1. The third-order valence-corrected chi connectivity index (χ3v) is 3.83. The zero-order valence-corrected chi connectivity index (χ0v) is 15.6. The Bertz CT molecular complexity index is 999. The fraction of sp³-hybridized carbons (Fsp3) is 0.200. The molecule has 0 fully saturated rings. The summed E-state index contributed by atoms with van der Waals surface area (Å²) in [5.41, 5.74) is 1.31. The Morgan fingerprint density at radius 2 is 1.80 bits per heavy atom. The second-order valence-electron chi connectivity index (χ2n) is 6.22. The molecule has 1 aromatic heterocycles. The highest BCUT2D eigenvalue weighted by Crippen LogP contribution is 2.29. The average Bonchev–Trinajstić information content (AvgIpc) is 2.67. The maximum atomic E-state index is 12.5. The number of aliphatic hydroxyl groups is 1. The largest absolute Gasteiger partial charge is 0.573 e. The molecule has 2 aromatic carbocycles. The first-order chi connectivity index (χ1) is 14.3. The third-order valence-electron chi connectivity index (χ3n) is 3.83. The molecule has 7 nitrogen and oxygen atoms in total. The first-order valence-corrected chi connectivity index (χ1v) is 8.98. The van der Waals surface area contributed by atoms with Crippen molar-refractivity contribution in [1.82, 2.24) is 9.97 Å². The van der Waals surface area contributed by atoms with Crippen LogP contribution < -0.4 is 15.4 Å². The van der Waals surface area contributed by atoms with Gasteiger partial charge in [-0.3, -0.25) is 0 Å². The molecule has 3 rings (SSSR count). The number of nitrogens with zero attached hydrogens (tertiary/aromatic N) is 2. The predicted octanol–water partition coefficient (Wildman–Crippen LogP) is 4.29. The van der Waals surface area contributed by atoms with Crippen LogP contribution in [0.3, 0.4) is 0 Å². The summed E-state index contributed by atoms with van der Waals surface area (Å²) < 4.78 is 41.6. The summed E-state index contributed by atoms with van der Waals surface area (Å²) in [6.45, 7) is 0.390. The topological polar surface area (TPSA) is 99.5 Å². The zero-order valence-electron chi connectivity index (χ0n) is 15.6. The molecule has 0 amide bonds. The maximum Gasteiger partial charge on any atom is 0.573 e. The summed E-state index contributed by atoms with van der Waals surface area (Å²) in [7, 11) is 0. The van der Waals surface area contributed by atoms with Gasteiger partial charge >= 0.3 is 6.36 Å². The number of rotatable bonds is 8. The molecule has 0 spiro atoms. The fourth-order valence-electron chi connectivity index (χ4n) is 2.60. The summed E-state index contributed by atoms with van der Waals surface area (Å²) in [5.74, 6) is 0.286. The van der Waals surface area contributed by atoms with Gasteiger partial charge in [0.1, 0.15) is 17.3 Å². The van der Waals surface area contributed by atoms with Crippen LogP contribution in [0.1, 0.15) is 6.42 Å². The van der Waals surface area contributed by atoms with Crippen LogP contribution >= 0.6 is 0 Å². The van der Waals surface area contributed by atoms with E-state index in [0.29, 0.717) is 35.7 Å². The minimum Gasteiger partial charge on any atom is -0.508 e. The van der Waals surface area contributed by atoms with Gasteiger partial charge in [-0.25, -0.2) is 4.98 Å². The van der Waals surface area contributed by atoms with Crippen LogP contribution in [0.4, 0.5) is 30.6 Å². The normalized spacial score (nSPS) is 11.2. The highest BCUT2D eigenvalue weighted by atomic mass is 19.4. The fourth-order valence-corrected chi connectivity index (χ4v) is 2.60. The maximum absolute atomic E-state index is 12.5. The first-order valence-electron chi connectivity index (χ1n) is 8.98. The predicted molar refractivity (Wildman–Crippen MR) is 106 cm³/mol. The molecule has 0 aliphatic heterocycles. The number of hydrogen-bond donors (Lipinski definition) is 4. The molecule has 4 N–H and O–H groups in total. The van der Waals surface area contributed by atoms with E-state index in [1.807, 2.05) is 0 Å². The number of phenols is 1. The molecular formula is C20H19F3N4O3. The molecule has 0 atom stereocenters. The molecule has 0 saturated heterocycles. The van der Waals surface area contributed by atoms with E-state index in [0.717, 1.165) is 0 Å². The van der Waals surface area contributed by atoms with Gasteiger partial charge in [-0.2, -0.15) is 4.98 Å². The Labute approximate surface area is 170 Å². The number of aliphatic hydroxyl groups excluding tert-OH is 1. The number of benzene rings is 2. The molecule has 0 aliphatic rings. The second kappa shape index (κ2) is 9.31. The zero-order chi connectivity index (χ0) is 21.6. The van der Waals surface area contributed by atoms with Crippen molar-refractivity contribution in [3.05, 3.63) is 54.6 Å². The van der Waals surface area contributed by atoms with Crippen molar-refractivity contribution in [2.24, 2.45) is 0 Å². The summed E-state index contributed by atoms with van der Waals surface area (Å²) in [6, 6.07) is 13.4. The second-order valence-corrected chi connectivity index (χ2v) is 6.22. The van der Waals surface area contributed by atoms with Crippen molar-refractivity contribution >= 4 is 17.5 Å². The van der Waals surface area contributed by atoms with Gasteiger partial charge in [0, 0.05) is 36.5 Å². The van der Waals surface area contributed by atoms with E-state index >= 15 is 0 Å². The molecule has 0 aliphatic carbocycles. The summed E-state index contributed by atoms with van der Waals surface area (Å²) >= 11 is 0. The molecule has 10 heteroatoms. The summed E-state index contributed by atoms with van der Waals surface area (Å²) in [5, 5.41) is 24.6. The quantitative estimate of drug-likeness (QED) is 0.404. The number of halogens is 3. The standard InChI is InChI=1S/C20H19F3N4O3/c21-20(22,23)30-16-7-1-4-13(10-16)17-12-18(25-14-5-2-6-15(29)11-14)27-19(26-17)24-8-3-9-28/h1-2,4-7,10-12,28-29H,3,8-9H2,(H2,24,25,26,27). The van der Waals surface area contributed by atoms with Gasteiger partial charge in [0.2, 0.25) is 5.95 Å². The number of anilines is 3. The Kier molecular flexibility index (Phi) is 6.58. The van der Waals surface area contributed by atoms with E-state index in [1.165, 1.54) is 30.3 Å². The molecule has 1 heterocycles. The smallest absolute Gasteiger partial charge is 0.508 e. The van der Waals surface area contributed by atoms with Crippen molar-refractivity contribution in [2.75, 3.05) is 23.8 Å². The molecule has 0 saturated carbocycles.